The van der Waals surface area contributed by atoms with Gasteiger partial charge in [0.25, 0.3) is 0 Å². The van der Waals surface area contributed by atoms with Crippen LogP contribution in [0.4, 0.5) is 0 Å². The lowest BCUT2D eigenvalue weighted by molar-refractivity contribution is -0.0000135. The summed E-state index contributed by atoms with van der Waals surface area (Å²) in [4.78, 5) is 0. The Bertz CT molecular complexity index is 624. The Morgan fingerprint density at radius 3 is 0.738 bits per heavy atom. The van der Waals surface area contributed by atoms with Crippen molar-refractivity contribution in [2.45, 2.75) is 286 Å². The minimum Gasteiger partial charge on any atom is -1.00 e. The van der Waals surface area contributed by atoms with Crippen molar-refractivity contribution in [3.8, 4) is 0 Å². The number of halogens is 3. The van der Waals surface area contributed by atoms with Gasteiger partial charge < -0.3 is 28.4 Å². The average molecular weight is 1100 g/mol. The van der Waals surface area contributed by atoms with Crippen molar-refractivity contribution < 1.29 is 17.0 Å². The van der Waals surface area contributed by atoms with Crippen molar-refractivity contribution in [1.82, 2.24) is 0 Å². The minimum atomic E-state index is -0.759. The molecule has 7 heteroatoms. The van der Waals surface area contributed by atoms with Crippen LogP contribution in [0.5, 0.6) is 0 Å². The lowest BCUT2D eigenvalue weighted by Gasteiger charge is -2.28. The lowest BCUT2D eigenvalue weighted by atomic mass is 10.1. The van der Waals surface area contributed by atoms with Crippen molar-refractivity contribution in [2.24, 2.45) is 11.5 Å². The average Bonchev–Trinajstić information content (AvgIpc) is 3.25. The zero-order valence-corrected chi connectivity index (χ0v) is 49.8. The van der Waals surface area contributed by atoms with Gasteiger partial charge in [-0.25, -0.2) is 0 Å². The molecule has 0 spiro atoms. The zero-order chi connectivity index (χ0) is 44.0. The van der Waals surface area contributed by atoms with Gasteiger partial charge in [0.2, 0.25) is 0 Å². The van der Waals surface area contributed by atoms with Gasteiger partial charge in [-0.2, -0.15) is 0 Å². The molecule has 0 rings (SSSR count). The van der Waals surface area contributed by atoms with Crippen LogP contribution in [0.25, 0.3) is 0 Å². The molecule has 376 valence electrons. The second kappa shape index (κ2) is 66.5. The highest BCUT2D eigenvalue weighted by Crippen LogP contribution is 2.61. The first kappa shape index (κ1) is 72.2. The van der Waals surface area contributed by atoms with Crippen LogP contribution in [0.3, 0.4) is 0 Å². The second-order valence-electron chi connectivity index (χ2n) is 18.7. The summed E-state index contributed by atoms with van der Waals surface area (Å²) in [5.41, 5.74) is 11.1. The maximum absolute atomic E-state index is 5.98. The van der Waals surface area contributed by atoms with Gasteiger partial charge in [0, 0.05) is 12.6 Å². The van der Waals surface area contributed by atoms with E-state index in [1.165, 1.54) is 244 Å². The van der Waals surface area contributed by atoms with E-state index in [9.17, 15) is 0 Å². The summed E-state index contributed by atoms with van der Waals surface area (Å²) in [5, 5.41) is 1.03. The van der Waals surface area contributed by atoms with E-state index in [-0.39, 0.29) is 34.0 Å². The summed E-state index contributed by atoms with van der Waals surface area (Å²) in [7, 11) is -0.394. The molecule has 0 aromatic heterocycles. The van der Waals surface area contributed by atoms with Gasteiger partial charge in [0.1, 0.15) is 0 Å². The molecule has 0 amide bonds. The molecule has 61 heavy (non-hydrogen) atoms. The summed E-state index contributed by atoms with van der Waals surface area (Å²) in [6.07, 6.45) is 66.0. The molecule has 0 heterocycles. The van der Waals surface area contributed by atoms with Gasteiger partial charge in [-0.1, -0.05) is 231 Å². The first-order valence-electron chi connectivity index (χ1n) is 27.5. The third-order valence-corrected chi connectivity index (χ3v) is 21.1. The normalized spacial score (nSPS) is 11.1. The Morgan fingerprint density at radius 1 is 0.311 bits per heavy atom. The number of nitrogens with two attached hydrogens (primary N) is 2. The Hall–Kier alpha value is 2.22. The first-order valence-corrected chi connectivity index (χ1v) is 33.1. The summed E-state index contributed by atoms with van der Waals surface area (Å²) < 4.78 is 0. The molecule has 0 saturated carbocycles. The van der Waals surface area contributed by atoms with E-state index in [2.05, 4.69) is 57.5 Å². The Labute approximate surface area is 420 Å². The van der Waals surface area contributed by atoms with E-state index < -0.39 is 7.26 Å². The molecular formula is C54H119Br3N2P2. The highest BCUT2D eigenvalue weighted by Gasteiger charge is 2.34. The van der Waals surface area contributed by atoms with Gasteiger partial charge in [-0.3, -0.25) is 0 Å². The third-order valence-electron chi connectivity index (χ3n) is 12.6. The van der Waals surface area contributed by atoms with Crippen LogP contribution in [-0.2, 0) is 0 Å². The molecule has 0 bridgehead atoms. The van der Waals surface area contributed by atoms with E-state index >= 15 is 0 Å². The monoisotopic (exact) mass is 1090 g/mol. The van der Waals surface area contributed by atoms with Crippen LogP contribution < -0.4 is 28.4 Å². The standard InChI is InChI=1S/C27H59NP.C24H51P.C3H8BrN.2BrH/c1-4-7-10-13-16-19-24-29(27-22-23-28,25-20-17-14-11-8-5-2)26-21-18-15-12-9-6-3;1-4-7-10-13-16-19-22-25(23-20-17-14-11-8-5-2)24-21-18-15-12-9-6-3;4-2-1-3-5;;/h4-28H2,1-3H3;4-24H2,1-3H3;1-3,5H2;2*1H/q+1;;;;/p-1. The van der Waals surface area contributed by atoms with E-state index in [4.69, 9.17) is 11.5 Å². The van der Waals surface area contributed by atoms with Gasteiger partial charge in [-0.15, -0.1) is 24.9 Å². The molecule has 0 aromatic carbocycles. The topological polar surface area (TPSA) is 52.0 Å². The molecule has 4 N–H and O–H groups in total. The maximum Gasteiger partial charge on any atom is 0.0606 e. The second-order valence-corrected chi connectivity index (χ2v) is 26.6. The Balaban J connectivity index is -0.000000301. The molecule has 0 aliphatic carbocycles. The SMILES string of the molecule is Br.CCCCCCCCP(CCCCCCCC)CCCCCCCC.CCCCCCCC[P+](CCCN)(CCCCCCCC)CCCCCCCC.NCCCBr.[Br-]. The lowest BCUT2D eigenvalue weighted by Crippen LogP contribution is -3.00. The van der Waals surface area contributed by atoms with Gasteiger partial charge in [-0.05, 0) is 102 Å². The molecular weight excluding hydrogens is 978 g/mol. The maximum atomic E-state index is 5.98. The predicted molar refractivity (Wildman–Crippen MR) is 300 cm³/mol. The summed E-state index contributed by atoms with van der Waals surface area (Å²) in [5.74, 6) is 0. The summed E-state index contributed by atoms with van der Waals surface area (Å²) >= 11 is 3.23. The van der Waals surface area contributed by atoms with Crippen molar-refractivity contribution >= 4 is 48.1 Å². The highest BCUT2D eigenvalue weighted by molar-refractivity contribution is 9.09. The predicted octanol–water partition coefficient (Wildman–Crippen LogP) is 17.3. The van der Waals surface area contributed by atoms with E-state index in [0.717, 1.165) is 24.8 Å². The Kier molecular flexibility index (Phi) is 78.7. The third kappa shape index (κ3) is 62.2. The van der Waals surface area contributed by atoms with Crippen molar-refractivity contribution in [3.63, 3.8) is 0 Å². The number of unbranched alkanes of at least 4 members (excludes halogenated alkanes) is 30. The van der Waals surface area contributed by atoms with Gasteiger partial charge in [0.05, 0.1) is 24.6 Å². The van der Waals surface area contributed by atoms with Crippen LogP contribution in [-0.4, -0.2) is 61.6 Å². The van der Waals surface area contributed by atoms with Gasteiger partial charge in [0.15, 0.2) is 0 Å². The molecule has 0 fully saturated rings. The fourth-order valence-electron chi connectivity index (χ4n) is 8.54. The molecule has 0 aliphatic heterocycles. The van der Waals surface area contributed by atoms with Crippen LogP contribution in [0.15, 0.2) is 0 Å². The zero-order valence-electron chi connectivity index (χ0n) is 43.2. The molecule has 0 unspecified atom stereocenters. The van der Waals surface area contributed by atoms with Crippen LogP contribution in [0.1, 0.15) is 286 Å². The molecule has 0 aromatic rings. The minimum absolute atomic E-state index is 0. The van der Waals surface area contributed by atoms with E-state index in [1.54, 1.807) is 37.0 Å². The van der Waals surface area contributed by atoms with E-state index in [1.807, 2.05) is 0 Å². The molecule has 0 atom stereocenters. The van der Waals surface area contributed by atoms with Gasteiger partial charge >= 0.3 is 0 Å². The van der Waals surface area contributed by atoms with Crippen LogP contribution in [0.2, 0.25) is 0 Å². The first-order chi connectivity index (χ1) is 29.0. The summed E-state index contributed by atoms with van der Waals surface area (Å²) in [6.45, 7) is 15.6. The van der Waals surface area contributed by atoms with Crippen LogP contribution in [0, 0.1) is 0 Å². The molecule has 2 nitrogen and oxygen atoms in total. The van der Waals surface area contributed by atoms with Crippen LogP contribution >= 0.6 is 48.1 Å². The van der Waals surface area contributed by atoms with Crippen molar-refractivity contribution in [1.29, 1.82) is 0 Å². The van der Waals surface area contributed by atoms with Crippen molar-refractivity contribution in [2.75, 3.05) is 61.6 Å². The summed E-state index contributed by atoms with van der Waals surface area (Å²) in [6, 6.07) is 0. The number of rotatable bonds is 47. The molecule has 0 radical (unpaired) electrons. The van der Waals surface area contributed by atoms with Crippen molar-refractivity contribution in [3.05, 3.63) is 0 Å². The smallest absolute Gasteiger partial charge is 0.0606 e. The number of hydrogen-bond acceptors (Lipinski definition) is 2. The molecule has 0 aliphatic rings. The molecule has 0 saturated heterocycles. The number of alkyl halides is 1. The van der Waals surface area contributed by atoms with E-state index in [0.29, 0.717) is 7.92 Å². The number of hydrogen-bond donors (Lipinski definition) is 2. The fourth-order valence-corrected chi connectivity index (χ4v) is 16.4. The largest absolute Gasteiger partial charge is 1.00 e. The quantitative estimate of drug-likeness (QED) is 0.0362. The fraction of sp³-hybridized carbons (Fsp3) is 1.00. The highest BCUT2D eigenvalue weighted by atomic mass is 79.9. The Morgan fingerprint density at radius 2 is 0.525 bits per heavy atom.